The number of carboxylic acid groups (broad SMARTS) is 1. The zero-order valence-electron chi connectivity index (χ0n) is 19.4. The molecule has 194 valence electrons. The minimum absolute atomic E-state index is 0.0185. The first-order valence-corrected chi connectivity index (χ1v) is 11.0. The summed E-state index contributed by atoms with van der Waals surface area (Å²) < 4.78 is 48.9. The van der Waals surface area contributed by atoms with Gasteiger partial charge in [-0.1, -0.05) is 12.1 Å². The van der Waals surface area contributed by atoms with Gasteiger partial charge in [-0.25, -0.2) is 19.2 Å². The van der Waals surface area contributed by atoms with Crippen LogP contribution >= 0.6 is 0 Å². The smallest absolute Gasteiger partial charge is 0.475 e. The lowest BCUT2D eigenvalue weighted by molar-refractivity contribution is -0.192. The number of piperazine rings is 1. The summed E-state index contributed by atoms with van der Waals surface area (Å²) >= 11 is 0. The average molecular weight is 519 g/mol. The van der Waals surface area contributed by atoms with E-state index < -0.39 is 12.1 Å². The second-order valence-corrected chi connectivity index (χ2v) is 8.02. The molecule has 4 heterocycles. The predicted octanol–water partition coefficient (Wildman–Crippen LogP) is 2.86. The van der Waals surface area contributed by atoms with Gasteiger partial charge in [-0.2, -0.15) is 18.3 Å². The second kappa shape index (κ2) is 10.2. The number of benzene rings is 1. The lowest BCUT2D eigenvalue weighted by Crippen LogP contribution is -2.49. The molecule has 5 rings (SSSR count). The van der Waals surface area contributed by atoms with Crippen LogP contribution in [-0.2, 0) is 11.8 Å². The van der Waals surface area contributed by atoms with E-state index in [2.05, 4.69) is 20.0 Å². The van der Waals surface area contributed by atoms with Crippen molar-refractivity contribution in [1.82, 2.24) is 29.0 Å². The Morgan fingerprint density at radius 3 is 2.32 bits per heavy atom. The molecule has 1 saturated heterocycles. The van der Waals surface area contributed by atoms with E-state index in [0.717, 1.165) is 17.1 Å². The molecule has 1 N–H and O–H groups in total. The number of carboxylic acids is 1. The van der Waals surface area contributed by atoms with Gasteiger partial charge in [0.15, 0.2) is 11.5 Å². The number of anilines is 1. The summed E-state index contributed by atoms with van der Waals surface area (Å²) in [5, 5.41) is 11.2. The Labute approximate surface area is 207 Å². The van der Waals surface area contributed by atoms with Crippen LogP contribution in [0.2, 0.25) is 0 Å². The monoisotopic (exact) mass is 519 g/mol. The van der Waals surface area contributed by atoms with Gasteiger partial charge in [-0.3, -0.25) is 13.9 Å². The number of alkyl halides is 3. The Hall–Kier alpha value is -4.49. The maximum atomic E-state index is 13.7. The van der Waals surface area contributed by atoms with E-state index in [1.54, 1.807) is 42.5 Å². The summed E-state index contributed by atoms with van der Waals surface area (Å²) in [5.74, 6) is -2.30. The lowest BCUT2D eigenvalue weighted by Gasteiger charge is -2.35. The van der Waals surface area contributed by atoms with Gasteiger partial charge >= 0.3 is 12.1 Å². The Morgan fingerprint density at radius 1 is 1.03 bits per heavy atom. The van der Waals surface area contributed by atoms with Crippen molar-refractivity contribution >= 4 is 23.3 Å². The summed E-state index contributed by atoms with van der Waals surface area (Å²) in [6.45, 7) is 2.48. The number of halogens is 4. The van der Waals surface area contributed by atoms with Crippen LogP contribution in [0.15, 0.2) is 55.1 Å². The summed E-state index contributed by atoms with van der Waals surface area (Å²) in [6.07, 6.45) is 1.83. The fourth-order valence-corrected chi connectivity index (χ4v) is 3.86. The highest BCUT2D eigenvalue weighted by Crippen LogP contribution is 2.26. The minimum atomic E-state index is -5.08. The van der Waals surface area contributed by atoms with Gasteiger partial charge in [0.25, 0.3) is 5.91 Å². The molecule has 1 aliphatic rings. The van der Waals surface area contributed by atoms with Gasteiger partial charge in [0.2, 0.25) is 0 Å². The number of amides is 1. The molecule has 1 fully saturated rings. The molecule has 1 amide bonds. The SMILES string of the molecule is Cn1nccc1C(=O)N1CCN(c2nccn3c(-c4cccc(F)c4)cnc23)CC1.O=C(O)C(F)(F)F. The third-order valence-electron chi connectivity index (χ3n) is 5.68. The number of aliphatic carboxylic acids is 1. The molecule has 3 aromatic heterocycles. The van der Waals surface area contributed by atoms with E-state index in [9.17, 15) is 22.4 Å². The number of carbonyl (C=O) groups excluding carboxylic acids is 1. The van der Waals surface area contributed by atoms with Gasteiger partial charge in [-0.05, 0) is 18.2 Å². The van der Waals surface area contributed by atoms with Gasteiger partial charge in [-0.15, -0.1) is 0 Å². The number of nitrogens with zero attached hydrogens (tertiary/aromatic N) is 7. The fraction of sp³-hybridized carbons (Fsp3) is 0.261. The van der Waals surface area contributed by atoms with Crippen LogP contribution in [0.5, 0.6) is 0 Å². The van der Waals surface area contributed by atoms with Crippen molar-refractivity contribution in [2.45, 2.75) is 6.18 Å². The zero-order valence-corrected chi connectivity index (χ0v) is 19.4. The molecular formula is C23H21F4N7O3. The number of rotatable bonds is 3. The fourth-order valence-electron chi connectivity index (χ4n) is 3.86. The van der Waals surface area contributed by atoms with Crippen molar-refractivity contribution < 1.29 is 32.3 Å². The molecule has 0 atom stereocenters. The third-order valence-corrected chi connectivity index (χ3v) is 5.68. The van der Waals surface area contributed by atoms with Gasteiger partial charge in [0, 0.05) is 57.4 Å². The van der Waals surface area contributed by atoms with Gasteiger partial charge in [0.1, 0.15) is 11.5 Å². The number of aromatic nitrogens is 5. The van der Waals surface area contributed by atoms with E-state index >= 15 is 0 Å². The normalized spacial score (nSPS) is 13.9. The topological polar surface area (TPSA) is 109 Å². The largest absolute Gasteiger partial charge is 0.490 e. The molecule has 14 heteroatoms. The van der Waals surface area contributed by atoms with E-state index in [-0.39, 0.29) is 11.7 Å². The molecule has 37 heavy (non-hydrogen) atoms. The molecule has 0 bridgehead atoms. The second-order valence-electron chi connectivity index (χ2n) is 8.02. The van der Waals surface area contributed by atoms with Crippen molar-refractivity contribution in [3.63, 3.8) is 0 Å². The number of fused-ring (bicyclic) bond motifs is 1. The van der Waals surface area contributed by atoms with Crippen molar-refractivity contribution in [1.29, 1.82) is 0 Å². The maximum Gasteiger partial charge on any atom is 0.490 e. The van der Waals surface area contributed by atoms with Crippen LogP contribution in [0.1, 0.15) is 10.5 Å². The molecule has 4 aromatic rings. The van der Waals surface area contributed by atoms with Gasteiger partial charge < -0.3 is 14.9 Å². The molecular weight excluding hydrogens is 498 g/mol. The highest BCUT2D eigenvalue weighted by molar-refractivity contribution is 5.92. The maximum absolute atomic E-state index is 13.7. The van der Waals surface area contributed by atoms with E-state index in [1.165, 1.54) is 12.1 Å². The molecule has 0 saturated carbocycles. The number of imidazole rings is 1. The molecule has 1 aromatic carbocycles. The third kappa shape index (κ3) is 5.52. The van der Waals surface area contributed by atoms with Crippen LogP contribution in [0.25, 0.3) is 16.9 Å². The molecule has 0 spiro atoms. The number of hydrogen-bond acceptors (Lipinski definition) is 6. The number of carbonyl (C=O) groups is 2. The molecule has 0 unspecified atom stereocenters. The Morgan fingerprint density at radius 2 is 1.73 bits per heavy atom. The first-order chi connectivity index (χ1) is 17.6. The summed E-state index contributed by atoms with van der Waals surface area (Å²) in [5.41, 5.74) is 2.85. The summed E-state index contributed by atoms with van der Waals surface area (Å²) in [7, 11) is 1.77. The van der Waals surface area contributed by atoms with E-state index in [0.29, 0.717) is 37.5 Å². The molecule has 0 radical (unpaired) electrons. The predicted molar refractivity (Wildman–Crippen MR) is 123 cm³/mol. The average Bonchev–Trinajstić information content (AvgIpc) is 3.49. The van der Waals surface area contributed by atoms with Crippen LogP contribution in [0.4, 0.5) is 23.4 Å². The summed E-state index contributed by atoms with van der Waals surface area (Å²) in [4.78, 5) is 34.7. The Balaban J connectivity index is 0.000000405. The summed E-state index contributed by atoms with van der Waals surface area (Å²) in [6, 6.07) is 8.19. The highest BCUT2D eigenvalue weighted by Gasteiger charge is 2.38. The molecule has 0 aliphatic carbocycles. The standard InChI is InChI=1S/C21H20FN7O.C2HF3O2/c1-26-17(5-6-25-26)21(30)28-11-9-27(10-12-28)19-20-24-14-18(29(20)8-7-23-19)15-3-2-4-16(22)13-15;3-2(4,5)1(6)7/h2-8,13-14H,9-12H2,1H3;(H,6,7). The van der Waals surface area contributed by atoms with Crippen molar-refractivity contribution in [3.05, 3.63) is 66.6 Å². The Kier molecular flexibility index (Phi) is 7.09. The van der Waals surface area contributed by atoms with Crippen molar-refractivity contribution in [3.8, 4) is 11.3 Å². The number of hydrogen-bond donors (Lipinski definition) is 1. The van der Waals surface area contributed by atoms with Crippen LogP contribution in [-0.4, -0.2) is 78.4 Å². The molecule has 10 nitrogen and oxygen atoms in total. The van der Waals surface area contributed by atoms with Crippen LogP contribution in [0.3, 0.4) is 0 Å². The van der Waals surface area contributed by atoms with Crippen LogP contribution in [0, 0.1) is 5.82 Å². The highest BCUT2D eigenvalue weighted by atomic mass is 19.4. The first kappa shape index (κ1) is 25.6. The lowest BCUT2D eigenvalue weighted by atomic mass is 10.1. The van der Waals surface area contributed by atoms with E-state index in [4.69, 9.17) is 9.90 Å². The first-order valence-electron chi connectivity index (χ1n) is 11.0. The van der Waals surface area contributed by atoms with Crippen molar-refractivity contribution in [2.24, 2.45) is 7.05 Å². The quantitative estimate of drug-likeness (QED) is 0.415. The van der Waals surface area contributed by atoms with Crippen LogP contribution < -0.4 is 4.90 Å². The number of aryl methyl sites for hydroxylation is 1. The Bertz CT molecular complexity index is 1430. The van der Waals surface area contributed by atoms with E-state index in [1.807, 2.05) is 21.6 Å². The molecule has 1 aliphatic heterocycles. The van der Waals surface area contributed by atoms with Gasteiger partial charge in [0.05, 0.1) is 11.9 Å². The van der Waals surface area contributed by atoms with Crippen molar-refractivity contribution in [2.75, 3.05) is 31.1 Å². The zero-order chi connectivity index (χ0) is 26.7. The minimum Gasteiger partial charge on any atom is -0.475 e.